The lowest BCUT2D eigenvalue weighted by molar-refractivity contribution is -0.117. The van der Waals surface area contributed by atoms with E-state index in [4.69, 9.17) is 10.5 Å². The van der Waals surface area contributed by atoms with E-state index in [1.165, 1.54) is 6.42 Å². The summed E-state index contributed by atoms with van der Waals surface area (Å²) in [4.78, 5) is 14.2. The minimum Gasteiger partial charge on any atom is -0.399 e. The van der Waals surface area contributed by atoms with Gasteiger partial charge in [0.1, 0.15) is 0 Å². The first-order valence-electron chi connectivity index (χ1n) is 7.04. The number of nitrogen functional groups attached to an aromatic ring is 1. The SMILES string of the molecule is COCC1CCCN(CC(=O)Nc2ccc(N)cc2)C1. The molecule has 0 saturated carbocycles. The highest BCUT2D eigenvalue weighted by atomic mass is 16.5. The number of hydrogen-bond acceptors (Lipinski definition) is 4. The Hall–Kier alpha value is -1.59. The third kappa shape index (κ3) is 4.51. The monoisotopic (exact) mass is 277 g/mol. The average molecular weight is 277 g/mol. The Morgan fingerprint density at radius 2 is 2.20 bits per heavy atom. The number of methoxy groups -OCH3 is 1. The normalized spacial score (nSPS) is 19.8. The number of nitrogens with zero attached hydrogens (tertiary/aromatic N) is 1. The van der Waals surface area contributed by atoms with Gasteiger partial charge in [0.25, 0.3) is 0 Å². The van der Waals surface area contributed by atoms with Gasteiger partial charge in [-0.15, -0.1) is 0 Å². The van der Waals surface area contributed by atoms with Crippen molar-refractivity contribution in [2.24, 2.45) is 5.92 Å². The van der Waals surface area contributed by atoms with Gasteiger partial charge in [0.05, 0.1) is 13.2 Å². The summed E-state index contributed by atoms with van der Waals surface area (Å²) in [5.41, 5.74) is 7.10. The molecule has 1 aliphatic rings. The molecule has 1 atom stereocenters. The number of rotatable bonds is 5. The molecule has 1 saturated heterocycles. The van der Waals surface area contributed by atoms with Crippen molar-refractivity contribution in [2.75, 3.05) is 44.4 Å². The molecule has 0 radical (unpaired) electrons. The highest BCUT2D eigenvalue weighted by molar-refractivity contribution is 5.92. The third-order valence-electron chi connectivity index (χ3n) is 3.57. The molecule has 5 heteroatoms. The van der Waals surface area contributed by atoms with Gasteiger partial charge >= 0.3 is 0 Å². The molecule has 1 amide bonds. The summed E-state index contributed by atoms with van der Waals surface area (Å²) < 4.78 is 5.20. The zero-order valence-electron chi connectivity index (χ0n) is 12.0. The summed E-state index contributed by atoms with van der Waals surface area (Å²) in [5, 5.41) is 2.90. The highest BCUT2D eigenvalue weighted by Gasteiger charge is 2.21. The summed E-state index contributed by atoms with van der Waals surface area (Å²) in [6.45, 7) is 3.12. The number of likely N-dealkylation sites (tertiary alicyclic amines) is 1. The Kier molecular flexibility index (Phi) is 5.38. The number of nitrogens with two attached hydrogens (primary N) is 1. The van der Waals surface area contributed by atoms with Gasteiger partial charge < -0.3 is 15.8 Å². The van der Waals surface area contributed by atoms with Crippen molar-refractivity contribution >= 4 is 17.3 Å². The summed E-state index contributed by atoms with van der Waals surface area (Å²) >= 11 is 0. The van der Waals surface area contributed by atoms with Crippen molar-refractivity contribution < 1.29 is 9.53 Å². The van der Waals surface area contributed by atoms with Gasteiger partial charge in [-0.2, -0.15) is 0 Å². The van der Waals surface area contributed by atoms with Crippen molar-refractivity contribution in [1.82, 2.24) is 4.90 Å². The maximum atomic E-state index is 12.0. The standard InChI is InChI=1S/C15H23N3O2/c1-20-11-12-3-2-8-18(9-12)10-15(19)17-14-6-4-13(16)5-7-14/h4-7,12H,2-3,8-11,16H2,1H3,(H,17,19). The molecule has 0 aromatic heterocycles. The Morgan fingerprint density at radius 3 is 2.90 bits per heavy atom. The summed E-state index contributed by atoms with van der Waals surface area (Å²) in [6.07, 6.45) is 2.31. The van der Waals surface area contributed by atoms with E-state index in [-0.39, 0.29) is 5.91 Å². The van der Waals surface area contributed by atoms with Gasteiger partial charge in [-0.05, 0) is 49.6 Å². The van der Waals surface area contributed by atoms with Crippen LogP contribution in [-0.2, 0) is 9.53 Å². The van der Waals surface area contributed by atoms with Crippen LogP contribution < -0.4 is 11.1 Å². The first-order valence-corrected chi connectivity index (χ1v) is 7.04. The second-order valence-electron chi connectivity index (χ2n) is 5.37. The predicted octanol–water partition coefficient (Wildman–Crippen LogP) is 1.57. The number of carbonyl (C=O) groups is 1. The van der Waals surface area contributed by atoms with Crippen LogP contribution in [0.15, 0.2) is 24.3 Å². The van der Waals surface area contributed by atoms with Crippen LogP contribution in [0.4, 0.5) is 11.4 Å². The van der Waals surface area contributed by atoms with Crippen molar-refractivity contribution in [1.29, 1.82) is 0 Å². The first-order chi connectivity index (χ1) is 9.67. The molecule has 1 aromatic rings. The molecule has 2 rings (SSSR count). The molecule has 0 bridgehead atoms. The summed E-state index contributed by atoms with van der Waals surface area (Å²) in [5.74, 6) is 0.561. The topological polar surface area (TPSA) is 67.6 Å². The third-order valence-corrected chi connectivity index (χ3v) is 3.57. The van der Waals surface area contributed by atoms with Crippen LogP contribution in [0.3, 0.4) is 0 Å². The second-order valence-corrected chi connectivity index (χ2v) is 5.37. The Morgan fingerprint density at radius 1 is 1.45 bits per heavy atom. The van der Waals surface area contributed by atoms with E-state index in [0.29, 0.717) is 18.2 Å². The maximum absolute atomic E-state index is 12.0. The molecule has 5 nitrogen and oxygen atoms in total. The fraction of sp³-hybridized carbons (Fsp3) is 0.533. The molecule has 110 valence electrons. The predicted molar refractivity (Wildman–Crippen MR) is 80.5 cm³/mol. The van der Waals surface area contributed by atoms with E-state index in [1.807, 2.05) is 12.1 Å². The van der Waals surface area contributed by atoms with Crippen LogP contribution in [0.2, 0.25) is 0 Å². The molecular formula is C15H23N3O2. The quantitative estimate of drug-likeness (QED) is 0.802. The number of anilines is 2. The lowest BCUT2D eigenvalue weighted by atomic mass is 9.99. The summed E-state index contributed by atoms with van der Waals surface area (Å²) in [6, 6.07) is 7.20. The minimum absolute atomic E-state index is 0.0211. The molecule has 20 heavy (non-hydrogen) atoms. The molecule has 0 aliphatic carbocycles. The van der Waals surface area contributed by atoms with E-state index in [1.54, 1.807) is 19.2 Å². The molecule has 0 spiro atoms. The minimum atomic E-state index is 0.0211. The zero-order valence-corrected chi connectivity index (χ0v) is 12.0. The van der Waals surface area contributed by atoms with E-state index in [2.05, 4.69) is 10.2 Å². The fourth-order valence-corrected chi connectivity index (χ4v) is 2.64. The van der Waals surface area contributed by atoms with Gasteiger partial charge in [-0.25, -0.2) is 0 Å². The molecule has 3 N–H and O–H groups in total. The van der Waals surface area contributed by atoms with Crippen molar-refractivity contribution in [2.45, 2.75) is 12.8 Å². The summed E-state index contributed by atoms with van der Waals surface area (Å²) in [7, 11) is 1.73. The zero-order chi connectivity index (χ0) is 14.4. The van der Waals surface area contributed by atoms with Crippen LogP contribution in [0.25, 0.3) is 0 Å². The van der Waals surface area contributed by atoms with Crippen LogP contribution in [0, 0.1) is 5.92 Å². The van der Waals surface area contributed by atoms with Crippen molar-refractivity contribution in [3.8, 4) is 0 Å². The van der Waals surface area contributed by atoms with Crippen molar-refractivity contribution in [3.63, 3.8) is 0 Å². The maximum Gasteiger partial charge on any atom is 0.238 e. The second kappa shape index (κ2) is 7.26. The van der Waals surface area contributed by atoms with E-state index >= 15 is 0 Å². The Balaban J connectivity index is 1.80. The Labute approximate surface area is 120 Å². The van der Waals surface area contributed by atoms with Gasteiger partial charge in [0.2, 0.25) is 5.91 Å². The van der Waals surface area contributed by atoms with Crippen LogP contribution in [0.5, 0.6) is 0 Å². The number of hydrogen-bond donors (Lipinski definition) is 2. The highest BCUT2D eigenvalue weighted by Crippen LogP contribution is 2.16. The number of piperidine rings is 1. The lowest BCUT2D eigenvalue weighted by Gasteiger charge is -2.31. The van der Waals surface area contributed by atoms with E-state index < -0.39 is 0 Å². The van der Waals surface area contributed by atoms with Gasteiger partial charge in [0.15, 0.2) is 0 Å². The number of amides is 1. The van der Waals surface area contributed by atoms with Crippen LogP contribution in [0.1, 0.15) is 12.8 Å². The molecule has 1 aliphatic heterocycles. The van der Waals surface area contributed by atoms with Crippen LogP contribution in [-0.4, -0.2) is 44.2 Å². The molecule has 1 unspecified atom stereocenters. The first kappa shape index (κ1) is 14.8. The van der Waals surface area contributed by atoms with Gasteiger partial charge in [0, 0.05) is 25.0 Å². The Bertz CT molecular complexity index is 431. The fourth-order valence-electron chi connectivity index (χ4n) is 2.64. The number of nitrogens with one attached hydrogen (secondary N) is 1. The lowest BCUT2D eigenvalue weighted by Crippen LogP contribution is -2.41. The molecule has 1 heterocycles. The smallest absolute Gasteiger partial charge is 0.238 e. The largest absolute Gasteiger partial charge is 0.399 e. The molecular weight excluding hydrogens is 254 g/mol. The van der Waals surface area contributed by atoms with E-state index in [9.17, 15) is 4.79 Å². The van der Waals surface area contributed by atoms with Crippen molar-refractivity contribution in [3.05, 3.63) is 24.3 Å². The van der Waals surface area contributed by atoms with Gasteiger partial charge in [-0.1, -0.05) is 0 Å². The number of ether oxygens (including phenoxy) is 1. The number of carbonyl (C=O) groups excluding carboxylic acids is 1. The van der Waals surface area contributed by atoms with Crippen LogP contribution >= 0.6 is 0 Å². The average Bonchev–Trinajstić information content (AvgIpc) is 2.42. The van der Waals surface area contributed by atoms with E-state index in [0.717, 1.165) is 31.8 Å². The molecule has 1 aromatic carbocycles. The van der Waals surface area contributed by atoms with Gasteiger partial charge in [-0.3, -0.25) is 9.69 Å². The number of benzene rings is 1. The molecule has 1 fully saturated rings.